The molecule has 0 aromatic heterocycles. The first kappa shape index (κ1) is 11.1. The number of nitro groups is 1. The van der Waals surface area contributed by atoms with Gasteiger partial charge in [0.1, 0.15) is 0 Å². The van der Waals surface area contributed by atoms with E-state index in [-0.39, 0.29) is 10.5 Å². The Hall–Kier alpha value is -1.42. The summed E-state index contributed by atoms with van der Waals surface area (Å²) in [6.07, 6.45) is 1.45. The summed E-state index contributed by atoms with van der Waals surface area (Å²) in [5.74, 6) is 0. The van der Waals surface area contributed by atoms with E-state index in [9.17, 15) is 10.1 Å². The van der Waals surface area contributed by atoms with E-state index in [2.05, 4.69) is 24.4 Å². The molecule has 1 aromatic carbocycles. The third-order valence-corrected chi connectivity index (χ3v) is 3.41. The zero-order chi connectivity index (χ0) is 11.6. The number of nitrogens with one attached hydrogen (secondary N) is 1. The molecular formula is C12H16N2O2. The second-order valence-electron chi connectivity index (χ2n) is 4.56. The molecule has 0 radical (unpaired) electrons. The van der Waals surface area contributed by atoms with E-state index in [0.717, 1.165) is 6.42 Å². The zero-order valence-corrected chi connectivity index (χ0v) is 9.35. The van der Waals surface area contributed by atoms with Crippen molar-refractivity contribution in [2.24, 2.45) is 0 Å². The van der Waals surface area contributed by atoms with Gasteiger partial charge in [-0.3, -0.25) is 10.1 Å². The minimum absolute atomic E-state index is 0.117. The lowest BCUT2D eigenvalue weighted by atomic mass is 9.83. The minimum Gasteiger partial charge on any atom is -0.301 e. The van der Waals surface area contributed by atoms with Gasteiger partial charge in [-0.25, -0.2) is 0 Å². The molecular weight excluding hydrogens is 204 g/mol. The van der Waals surface area contributed by atoms with E-state index in [1.807, 2.05) is 18.2 Å². The van der Waals surface area contributed by atoms with Gasteiger partial charge < -0.3 is 5.32 Å². The molecule has 4 heteroatoms. The molecule has 1 aromatic rings. The summed E-state index contributed by atoms with van der Waals surface area (Å²) in [6, 6.07) is 9.69. The molecule has 0 bridgehead atoms. The lowest BCUT2D eigenvalue weighted by Crippen LogP contribution is -2.50. The van der Waals surface area contributed by atoms with Gasteiger partial charge in [0.2, 0.25) is 6.04 Å². The molecule has 1 unspecified atom stereocenters. The van der Waals surface area contributed by atoms with E-state index in [1.165, 1.54) is 5.56 Å². The van der Waals surface area contributed by atoms with Gasteiger partial charge in [0.05, 0.1) is 6.54 Å². The summed E-state index contributed by atoms with van der Waals surface area (Å²) < 4.78 is 0. The van der Waals surface area contributed by atoms with Gasteiger partial charge in [-0.2, -0.15) is 0 Å². The molecule has 0 saturated carbocycles. The van der Waals surface area contributed by atoms with Crippen LogP contribution in [0.15, 0.2) is 30.3 Å². The van der Waals surface area contributed by atoms with E-state index in [0.29, 0.717) is 13.0 Å². The number of hydrogen-bond donors (Lipinski definition) is 1. The first-order valence-electron chi connectivity index (χ1n) is 5.56. The molecule has 0 aliphatic carbocycles. The third-order valence-electron chi connectivity index (χ3n) is 3.41. The monoisotopic (exact) mass is 220 g/mol. The molecule has 0 amide bonds. The van der Waals surface area contributed by atoms with Gasteiger partial charge in [-0.05, 0) is 18.9 Å². The van der Waals surface area contributed by atoms with Crippen LogP contribution in [0.1, 0.15) is 25.3 Å². The predicted molar refractivity (Wildman–Crippen MR) is 61.8 cm³/mol. The van der Waals surface area contributed by atoms with Gasteiger partial charge in [0, 0.05) is 16.9 Å². The maximum absolute atomic E-state index is 10.7. The van der Waals surface area contributed by atoms with Crippen molar-refractivity contribution >= 4 is 0 Å². The summed E-state index contributed by atoms with van der Waals surface area (Å²) in [4.78, 5) is 10.5. The number of rotatable bonds is 2. The van der Waals surface area contributed by atoms with E-state index >= 15 is 0 Å². The Labute approximate surface area is 94.8 Å². The van der Waals surface area contributed by atoms with Crippen LogP contribution in [0, 0.1) is 10.1 Å². The number of hydrogen-bond acceptors (Lipinski definition) is 3. The molecule has 16 heavy (non-hydrogen) atoms. The average molecular weight is 220 g/mol. The van der Waals surface area contributed by atoms with Crippen LogP contribution < -0.4 is 5.32 Å². The maximum atomic E-state index is 10.7. The summed E-state index contributed by atoms with van der Waals surface area (Å²) in [6.45, 7) is 2.57. The second kappa shape index (κ2) is 4.22. The van der Waals surface area contributed by atoms with Crippen molar-refractivity contribution in [3.63, 3.8) is 0 Å². The van der Waals surface area contributed by atoms with Crippen LogP contribution in [-0.4, -0.2) is 17.5 Å². The Balaban J connectivity index is 2.10. The van der Waals surface area contributed by atoms with Crippen molar-refractivity contribution in [2.75, 3.05) is 6.54 Å². The third kappa shape index (κ3) is 2.07. The molecule has 1 saturated heterocycles. The molecule has 86 valence electrons. The molecule has 2 rings (SSSR count). The summed E-state index contributed by atoms with van der Waals surface area (Å²) >= 11 is 0. The molecule has 1 aliphatic heterocycles. The van der Waals surface area contributed by atoms with Crippen LogP contribution in [0.25, 0.3) is 0 Å². The molecule has 2 atom stereocenters. The van der Waals surface area contributed by atoms with Crippen LogP contribution in [-0.2, 0) is 5.54 Å². The van der Waals surface area contributed by atoms with Crippen molar-refractivity contribution in [2.45, 2.75) is 31.3 Å². The highest BCUT2D eigenvalue weighted by Gasteiger charge is 2.36. The van der Waals surface area contributed by atoms with Crippen molar-refractivity contribution in [3.8, 4) is 0 Å². The maximum Gasteiger partial charge on any atom is 0.225 e. The Morgan fingerprint density at radius 2 is 2.12 bits per heavy atom. The molecule has 1 heterocycles. The number of benzene rings is 1. The van der Waals surface area contributed by atoms with Crippen LogP contribution in [0.4, 0.5) is 0 Å². The van der Waals surface area contributed by atoms with Crippen LogP contribution in [0.2, 0.25) is 0 Å². The normalized spacial score (nSPS) is 29.9. The Kier molecular flexibility index (Phi) is 2.92. The number of nitrogens with zero attached hydrogens (tertiary/aromatic N) is 1. The van der Waals surface area contributed by atoms with E-state index in [4.69, 9.17) is 0 Å². The molecule has 4 nitrogen and oxygen atoms in total. The highest BCUT2D eigenvalue weighted by Crippen LogP contribution is 2.30. The fraction of sp³-hybridized carbons (Fsp3) is 0.500. The van der Waals surface area contributed by atoms with Gasteiger partial charge in [-0.15, -0.1) is 0 Å². The van der Waals surface area contributed by atoms with Crippen molar-refractivity contribution < 1.29 is 4.92 Å². The summed E-state index contributed by atoms with van der Waals surface area (Å²) in [5, 5.41) is 14.0. The molecule has 1 N–H and O–H groups in total. The molecule has 1 aliphatic rings. The fourth-order valence-electron chi connectivity index (χ4n) is 2.22. The average Bonchev–Trinajstić information content (AvgIpc) is 2.31. The van der Waals surface area contributed by atoms with E-state index in [1.54, 1.807) is 0 Å². The SMILES string of the molecule is C[C@@]1(c2ccccc2)CCC([N+](=O)[O-])CN1. The first-order chi connectivity index (χ1) is 7.62. The van der Waals surface area contributed by atoms with Crippen LogP contribution >= 0.6 is 0 Å². The highest BCUT2D eigenvalue weighted by atomic mass is 16.6. The minimum atomic E-state index is -0.434. The number of piperidine rings is 1. The van der Waals surface area contributed by atoms with Crippen molar-refractivity contribution in [1.29, 1.82) is 0 Å². The zero-order valence-electron chi connectivity index (χ0n) is 9.35. The van der Waals surface area contributed by atoms with Crippen LogP contribution in [0.5, 0.6) is 0 Å². The van der Waals surface area contributed by atoms with Crippen molar-refractivity contribution in [3.05, 3.63) is 46.0 Å². The molecule has 1 fully saturated rings. The Bertz CT molecular complexity index is 370. The van der Waals surface area contributed by atoms with Crippen molar-refractivity contribution in [1.82, 2.24) is 5.32 Å². The Morgan fingerprint density at radius 1 is 1.44 bits per heavy atom. The fourth-order valence-corrected chi connectivity index (χ4v) is 2.22. The second-order valence-corrected chi connectivity index (χ2v) is 4.56. The quantitative estimate of drug-likeness (QED) is 0.612. The van der Waals surface area contributed by atoms with Gasteiger partial charge in [0.15, 0.2) is 0 Å². The topological polar surface area (TPSA) is 55.2 Å². The van der Waals surface area contributed by atoms with Gasteiger partial charge in [0.25, 0.3) is 0 Å². The summed E-state index contributed by atoms with van der Waals surface area (Å²) in [5.41, 5.74) is 1.09. The predicted octanol–water partition coefficient (Wildman–Crippen LogP) is 1.93. The largest absolute Gasteiger partial charge is 0.301 e. The van der Waals surface area contributed by atoms with Crippen LogP contribution in [0.3, 0.4) is 0 Å². The standard InChI is InChI=1S/C12H16N2O2/c1-12(10-5-3-2-4-6-10)8-7-11(9-13-12)14(15)16/h2-6,11,13H,7-9H2,1H3/t11?,12-/m0/s1. The van der Waals surface area contributed by atoms with Gasteiger partial charge >= 0.3 is 0 Å². The van der Waals surface area contributed by atoms with E-state index < -0.39 is 6.04 Å². The first-order valence-corrected chi connectivity index (χ1v) is 5.56. The summed E-state index contributed by atoms with van der Waals surface area (Å²) in [7, 11) is 0. The van der Waals surface area contributed by atoms with Gasteiger partial charge in [-0.1, -0.05) is 30.3 Å². The molecule has 0 spiro atoms. The lowest BCUT2D eigenvalue weighted by molar-refractivity contribution is -0.524. The lowest BCUT2D eigenvalue weighted by Gasteiger charge is -2.36. The Morgan fingerprint density at radius 3 is 2.62 bits per heavy atom. The smallest absolute Gasteiger partial charge is 0.225 e. The highest BCUT2D eigenvalue weighted by molar-refractivity contribution is 5.24.